The highest BCUT2D eigenvalue weighted by Gasteiger charge is 2.26. The summed E-state index contributed by atoms with van der Waals surface area (Å²) in [6.07, 6.45) is 8.55. The van der Waals surface area contributed by atoms with Crippen molar-refractivity contribution in [1.29, 1.82) is 0 Å². The number of pyridine rings is 1. The Labute approximate surface area is 232 Å². The third-order valence-electron chi connectivity index (χ3n) is 7.38. The van der Waals surface area contributed by atoms with Crippen LogP contribution < -0.4 is 29.6 Å². The summed E-state index contributed by atoms with van der Waals surface area (Å²) in [5.74, 6) is 2.82. The first-order valence-electron chi connectivity index (χ1n) is 13.6. The molecule has 6 rings (SSSR count). The van der Waals surface area contributed by atoms with Gasteiger partial charge in [-0.05, 0) is 57.4 Å². The number of ether oxygens (including phenoxy) is 4. The lowest BCUT2D eigenvalue weighted by molar-refractivity contribution is 0.144. The third-order valence-corrected chi connectivity index (χ3v) is 7.70. The van der Waals surface area contributed by atoms with E-state index in [2.05, 4.69) is 27.6 Å². The van der Waals surface area contributed by atoms with Gasteiger partial charge in [0.05, 0.1) is 28.2 Å². The average Bonchev–Trinajstić information content (AvgIpc) is 3.71. The standard InChI is InChI=1S/C29H33ClN4O5/c1-34(19-4-2-5-19)12-3-13-36-25-17-23-26(28-27(25)37-14-15-38-28)24(10-11-31-23)39-20-8-9-22(21(30)16-20)33-29(35)32-18-6-7-18/h8-11,16-19H,2-7,12-15H2,1H3,(H2,32,33,35). The van der Waals surface area contributed by atoms with Gasteiger partial charge in [0, 0.05) is 37.0 Å². The Morgan fingerprint density at radius 3 is 2.67 bits per heavy atom. The molecule has 0 bridgehead atoms. The van der Waals surface area contributed by atoms with E-state index in [1.807, 2.05) is 6.07 Å². The molecule has 10 heteroatoms. The Balaban J connectivity index is 1.19. The second kappa shape index (κ2) is 11.4. The molecule has 2 aliphatic carbocycles. The molecule has 0 spiro atoms. The molecule has 0 unspecified atom stereocenters. The summed E-state index contributed by atoms with van der Waals surface area (Å²) >= 11 is 6.46. The number of carbonyl (C=O) groups excluding carboxylic acids is 1. The number of nitrogens with zero attached hydrogens (tertiary/aromatic N) is 2. The van der Waals surface area contributed by atoms with E-state index < -0.39 is 0 Å². The predicted molar refractivity (Wildman–Crippen MR) is 150 cm³/mol. The Bertz CT molecular complexity index is 1360. The highest BCUT2D eigenvalue weighted by molar-refractivity contribution is 6.33. The van der Waals surface area contributed by atoms with Crippen molar-refractivity contribution in [3.05, 3.63) is 41.6 Å². The minimum absolute atomic E-state index is 0.257. The van der Waals surface area contributed by atoms with Crippen LogP contribution >= 0.6 is 11.6 Å². The summed E-state index contributed by atoms with van der Waals surface area (Å²) < 4.78 is 24.5. The van der Waals surface area contributed by atoms with Crippen molar-refractivity contribution in [3.63, 3.8) is 0 Å². The zero-order valence-corrected chi connectivity index (χ0v) is 22.8. The lowest BCUT2D eigenvalue weighted by Crippen LogP contribution is -2.38. The molecular weight excluding hydrogens is 520 g/mol. The van der Waals surface area contributed by atoms with Crippen LogP contribution in [0.1, 0.15) is 38.5 Å². The molecule has 0 saturated heterocycles. The minimum Gasteiger partial charge on any atom is -0.489 e. The van der Waals surface area contributed by atoms with E-state index in [1.54, 1.807) is 30.5 Å². The molecule has 0 atom stereocenters. The number of nitrogens with one attached hydrogen (secondary N) is 2. The number of anilines is 1. The van der Waals surface area contributed by atoms with Crippen molar-refractivity contribution in [2.24, 2.45) is 0 Å². The summed E-state index contributed by atoms with van der Waals surface area (Å²) in [6.45, 7) is 2.43. The van der Waals surface area contributed by atoms with Gasteiger partial charge >= 0.3 is 6.03 Å². The fraction of sp³-hybridized carbons (Fsp3) is 0.448. The fourth-order valence-electron chi connectivity index (χ4n) is 4.83. The lowest BCUT2D eigenvalue weighted by Gasteiger charge is -2.34. The van der Waals surface area contributed by atoms with Crippen LogP contribution in [0.3, 0.4) is 0 Å². The second-order valence-electron chi connectivity index (χ2n) is 10.3. The van der Waals surface area contributed by atoms with Gasteiger partial charge in [0.1, 0.15) is 24.7 Å². The maximum atomic E-state index is 12.1. The summed E-state index contributed by atoms with van der Waals surface area (Å²) in [5.41, 5.74) is 1.19. The number of aromatic nitrogens is 1. The molecule has 206 valence electrons. The predicted octanol–water partition coefficient (Wildman–Crippen LogP) is 5.99. The first kappa shape index (κ1) is 25.8. The highest BCUT2D eigenvalue weighted by atomic mass is 35.5. The number of carbonyl (C=O) groups is 1. The highest BCUT2D eigenvalue weighted by Crippen LogP contribution is 2.48. The van der Waals surface area contributed by atoms with Gasteiger partial charge < -0.3 is 34.5 Å². The second-order valence-corrected chi connectivity index (χ2v) is 10.7. The van der Waals surface area contributed by atoms with Crippen molar-refractivity contribution in [2.75, 3.05) is 38.7 Å². The van der Waals surface area contributed by atoms with E-state index in [0.29, 0.717) is 76.2 Å². The summed E-state index contributed by atoms with van der Waals surface area (Å²) in [4.78, 5) is 19.1. The quantitative estimate of drug-likeness (QED) is 0.298. The van der Waals surface area contributed by atoms with E-state index >= 15 is 0 Å². The number of benzene rings is 2. The maximum absolute atomic E-state index is 12.1. The molecule has 1 aliphatic heterocycles. The molecule has 2 saturated carbocycles. The van der Waals surface area contributed by atoms with Gasteiger partial charge in [-0.2, -0.15) is 0 Å². The maximum Gasteiger partial charge on any atom is 0.319 e. The van der Waals surface area contributed by atoms with E-state index in [1.165, 1.54) is 19.3 Å². The van der Waals surface area contributed by atoms with Crippen molar-refractivity contribution < 1.29 is 23.7 Å². The van der Waals surface area contributed by atoms with Crippen molar-refractivity contribution in [2.45, 2.75) is 50.6 Å². The number of amides is 2. The molecule has 2 aromatic carbocycles. The van der Waals surface area contributed by atoms with Crippen LogP contribution in [0.2, 0.25) is 5.02 Å². The van der Waals surface area contributed by atoms with E-state index in [-0.39, 0.29) is 12.1 Å². The van der Waals surface area contributed by atoms with Gasteiger partial charge in [0.25, 0.3) is 0 Å². The Morgan fingerprint density at radius 2 is 1.92 bits per heavy atom. The molecule has 3 aliphatic rings. The average molecular weight is 553 g/mol. The molecule has 0 radical (unpaired) electrons. The Morgan fingerprint density at radius 1 is 1.10 bits per heavy atom. The number of urea groups is 1. The third kappa shape index (κ3) is 5.94. The summed E-state index contributed by atoms with van der Waals surface area (Å²) in [7, 11) is 2.19. The molecule has 3 aromatic rings. The zero-order chi connectivity index (χ0) is 26.8. The smallest absolute Gasteiger partial charge is 0.319 e. The molecule has 1 aromatic heterocycles. The van der Waals surface area contributed by atoms with Crippen LogP contribution in [0.15, 0.2) is 36.5 Å². The lowest BCUT2D eigenvalue weighted by atomic mass is 9.92. The van der Waals surface area contributed by atoms with Gasteiger partial charge in [-0.15, -0.1) is 0 Å². The minimum atomic E-state index is -0.264. The monoisotopic (exact) mass is 552 g/mol. The molecule has 2 heterocycles. The van der Waals surface area contributed by atoms with Crippen LogP contribution in [0.25, 0.3) is 10.9 Å². The number of halogens is 1. The number of rotatable bonds is 10. The van der Waals surface area contributed by atoms with Crippen molar-refractivity contribution >= 4 is 34.2 Å². The largest absolute Gasteiger partial charge is 0.489 e. The van der Waals surface area contributed by atoms with E-state index in [4.69, 9.17) is 30.5 Å². The normalized spacial score (nSPS) is 16.6. The molecule has 2 amide bonds. The van der Waals surface area contributed by atoms with Gasteiger partial charge in [-0.25, -0.2) is 4.79 Å². The first-order valence-corrected chi connectivity index (χ1v) is 14.0. The van der Waals surface area contributed by atoms with Crippen LogP contribution in [0.5, 0.6) is 28.7 Å². The van der Waals surface area contributed by atoms with Crippen molar-refractivity contribution in [1.82, 2.24) is 15.2 Å². The van der Waals surface area contributed by atoms with Gasteiger partial charge in [-0.1, -0.05) is 18.0 Å². The van der Waals surface area contributed by atoms with E-state index in [9.17, 15) is 4.79 Å². The van der Waals surface area contributed by atoms with Gasteiger partial charge in [-0.3, -0.25) is 4.98 Å². The van der Waals surface area contributed by atoms with Crippen LogP contribution in [-0.4, -0.2) is 61.4 Å². The molecule has 2 N–H and O–H groups in total. The number of fused-ring (bicyclic) bond motifs is 3. The van der Waals surface area contributed by atoms with Gasteiger partial charge in [0.2, 0.25) is 5.75 Å². The first-order chi connectivity index (χ1) is 19.0. The van der Waals surface area contributed by atoms with E-state index in [0.717, 1.165) is 25.8 Å². The van der Waals surface area contributed by atoms with Crippen molar-refractivity contribution in [3.8, 4) is 28.7 Å². The molecule has 39 heavy (non-hydrogen) atoms. The number of hydrogen-bond acceptors (Lipinski definition) is 7. The fourth-order valence-corrected chi connectivity index (χ4v) is 5.05. The summed E-state index contributed by atoms with van der Waals surface area (Å²) in [6, 6.07) is 9.51. The van der Waals surface area contributed by atoms with Crippen LogP contribution in [0, 0.1) is 0 Å². The summed E-state index contributed by atoms with van der Waals surface area (Å²) in [5, 5.41) is 6.74. The molecular formula is C29H33ClN4O5. The Kier molecular flexibility index (Phi) is 7.52. The molecule has 2 fully saturated rings. The number of hydrogen-bond donors (Lipinski definition) is 2. The molecule has 9 nitrogen and oxygen atoms in total. The topological polar surface area (TPSA) is 94.2 Å². The van der Waals surface area contributed by atoms with Crippen LogP contribution in [-0.2, 0) is 0 Å². The zero-order valence-electron chi connectivity index (χ0n) is 22.0. The van der Waals surface area contributed by atoms with Gasteiger partial charge in [0.15, 0.2) is 11.5 Å². The SMILES string of the molecule is CN(CCCOc1cc2nccc(Oc3ccc(NC(=O)NC4CC4)c(Cl)c3)c2c2c1OCCO2)C1CCC1. The van der Waals surface area contributed by atoms with Crippen LogP contribution in [0.4, 0.5) is 10.5 Å². The Hall–Kier alpha value is -3.43.